The molecule has 0 aromatic rings. The van der Waals surface area contributed by atoms with Crippen molar-refractivity contribution in [3.63, 3.8) is 0 Å². The standard InChI is InChI=1S/2C4H9O2P.Fe/c2*1-3-4(2)7(5)6;/h2*4H,3H2,1-2H3;/q;;+2. The van der Waals surface area contributed by atoms with Crippen LogP contribution in [-0.4, -0.2) is 11.3 Å². The minimum Gasteiger partial charge on any atom is -0.595 e. The van der Waals surface area contributed by atoms with E-state index in [1.54, 1.807) is 13.8 Å². The van der Waals surface area contributed by atoms with Crippen molar-refractivity contribution in [3.8, 4) is 0 Å². The molecule has 90 valence electrons. The predicted octanol–water partition coefficient (Wildman–Crippen LogP) is 1.77. The van der Waals surface area contributed by atoms with Gasteiger partial charge in [0, 0.05) is 0 Å². The van der Waals surface area contributed by atoms with Gasteiger partial charge in [-0.05, 0) is 26.7 Å². The van der Waals surface area contributed by atoms with Crippen LogP contribution in [0.5, 0.6) is 0 Å². The number of hydrogen-bond acceptors (Lipinski definition) is 4. The Kier molecular flexibility index (Phi) is 17.8. The molecule has 0 amide bonds. The van der Waals surface area contributed by atoms with Crippen LogP contribution in [0.2, 0.25) is 0 Å². The first-order valence-corrected chi connectivity index (χ1v) is 7.13. The maximum Gasteiger partial charge on any atom is 2.00 e. The summed E-state index contributed by atoms with van der Waals surface area (Å²) in [5.41, 5.74) is -0.287. The monoisotopic (exact) mass is 296 g/mol. The molecule has 4 nitrogen and oxygen atoms in total. The first kappa shape index (κ1) is 21.0. The SMILES string of the molecule is CCC(C)[P+](=O)[O-].CCC(C)[P+](=O)[O-].[Fe+2]. The fourth-order valence-corrected chi connectivity index (χ4v) is 0.894. The van der Waals surface area contributed by atoms with Crippen LogP contribution in [-0.2, 0) is 26.2 Å². The topological polar surface area (TPSA) is 80.3 Å². The minimum atomic E-state index is -2.16. The van der Waals surface area contributed by atoms with Crippen LogP contribution in [0.4, 0.5) is 0 Å². The third-order valence-corrected chi connectivity index (χ3v) is 4.07. The summed E-state index contributed by atoms with van der Waals surface area (Å²) in [6.07, 6.45) is 1.44. The van der Waals surface area contributed by atoms with Crippen LogP contribution in [0.1, 0.15) is 40.5 Å². The molecule has 0 aliphatic rings. The molecule has 4 atom stereocenters. The van der Waals surface area contributed by atoms with Crippen LogP contribution < -0.4 is 9.79 Å². The second-order valence-electron chi connectivity index (χ2n) is 3.09. The summed E-state index contributed by atoms with van der Waals surface area (Å²) >= 11 is 0. The maximum absolute atomic E-state index is 9.97. The molecule has 7 heteroatoms. The second-order valence-corrected chi connectivity index (χ2v) is 5.99. The van der Waals surface area contributed by atoms with E-state index < -0.39 is 16.1 Å². The number of rotatable bonds is 4. The van der Waals surface area contributed by atoms with Crippen molar-refractivity contribution in [2.45, 2.75) is 51.9 Å². The van der Waals surface area contributed by atoms with Gasteiger partial charge in [0.15, 0.2) is 0 Å². The Morgan fingerprint density at radius 2 is 1.13 bits per heavy atom. The summed E-state index contributed by atoms with van der Waals surface area (Å²) in [6.45, 7) is 7.11. The van der Waals surface area contributed by atoms with Crippen molar-refractivity contribution in [2.75, 3.05) is 0 Å². The van der Waals surface area contributed by atoms with E-state index in [-0.39, 0.29) is 28.4 Å². The fourth-order valence-electron chi connectivity index (χ4n) is 0.298. The zero-order valence-corrected chi connectivity index (χ0v) is 12.3. The molecule has 0 aliphatic carbocycles. The van der Waals surface area contributed by atoms with E-state index >= 15 is 0 Å². The molecular formula is C8H18FeO4P2+2. The van der Waals surface area contributed by atoms with Crippen LogP contribution in [0.25, 0.3) is 0 Å². The molecule has 0 N–H and O–H groups in total. The second kappa shape index (κ2) is 12.7. The van der Waals surface area contributed by atoms with Crippen molar-refractivity contribution in [1.29, 1.82) is 0 Å². The van der Waals surface area contributed by atoms with Crippen molar-refractivity contribution >= 4 is 16.1 Å². The van der Waals surface area contributed by atoms with Gasteiger partial charge in [0.1, 0.15) is 11.3 Å². The van der Waals surface area contributed by atoms with Crippen LogP contribution >= 0.6 is 16.1 Å². The summed E-state index contributed by atoms with van der Waals surface area (Å²) in [4.78, 5) is 19.9. The van der Waals surface area contributed by atoms with Crippen LogP contribution in [0, 0.1) is 0 Å². The molecule has 4 unspecified atom stereocenters. The summed E-state index contributed by atoms with van der Waals surface area (Å²) in [7, 11) is -4.32. The smallest absolute Gasteiger partial charge is 0.595 e. The molecule has 0 aromatic carbocycles. The Morgan fingerprint density at radius 3 is 1.13 bits per heavy atom. The van der Waals surface area contributed by atoms with Gasteiger partial charge >= 0.3 is 33.1 Å². The van der Waals surface area contributed by atoms with Gasteiger partial charge in [-0.2, -0.15) is 0 Å². The third-order valence-electron chi connectivity index (χ3n) is 1.90. The van der Waals surface area contributed by atoms with Crippen molar-refractivity contribution in [3.05, 3.63) is 0 Å². The molecule has 0 fully saturated rings. The van der Waals surface area contributed by atoms with E-state index in [4.69, 9.17) is 0 Å². The largest absolute Gasteiger partial charge is 2.00 e. The fraction of sp³-hybridized carbons (Fsp3) is 1.00. The molecule has 0 saturated carbocycles. The zero-order valence-electron chi connectivity index (χ0n) is 9.45. The quantitative estimate of drug-likeness (QED) is 0.585. The Balaban J connectivity index is -0.000000180. The van der Waals surface area contributed by atoms with E-state index in [9.17, 15) is 18.9 Å². The molecule has 0 heterocycles. The van der Waals surface area contributed by atoms with E-state index in [1.807, 2.05) is 13.8 Å². The maximum atomic E-state index is 9.97. The van der Waals surface area contributed by atoms with E-state index in [0.29, 0.717) is 0 Å². The summed E-state index contributed by atoms with van der Waals surface area (Å²) in [5, 5.41) is 0. The van der Waals surface area contributed by atoms with Crippen LogP contribution in [0.3, 0.4) is 0 Å². The van der Waals surface area contributed by atoms with Gasteiger partial charge in [-0.1, -0.05) is 23.0 Å². The van der Waals surface area contributed by atoms with Gasteiger partial charge in [-0.15, -0.1) is 0 Å². The molecule has 0 rings (SSSR count). The van der Waals surface area contributed by atoms with Crippen molar-refractivity contribution in [1.82, 2.24) is 0 Å². The first-order chi connectivity index (χ1) is 6.36. The van der Waals surface area contributed by atoms with Gasteiger partial charge in [0.25, 0.3) is 0 Å². The Bertz CT molecular complexity index is 169. The molecular weight excluding hydrogens is 278 g/mol. The van der Waals surface area contributed by atoms with Crippen molar-refractivity contribution < 1.29 is 36.0 Å². The van der Waals surface area contributed by atoms with Gasteiger partial charge in [0.2, 0.25) is 0 Å². The minimum absolute atomic E-state index is 0. The molecule has 0 spiro atoms. The first-order valence-electron chi connectivity index (χ1n) is 4.63. The summed E-state index contributed by atoms with van der Waals surface area (Å²) in [5.74, 6) is 0. The van der Waals surface area contributed by atoms with E-state index in [0.717, 1.165) is 12.8 Å². The van der Waals surface area contributed by atoms with Gasteiger partial charge in [-0.3, -0.25) is 0 Å². The van der Waals surface area contributed by atoms with Crippen LogP contribution in [0.15, 0.2) is 0 Å². The summed E-state index contributed by atoms with van der Waals surface area (Å²) in [6, 6.07) is 0. The Morgan fingerprint density at radius 1 is 0.933 bits per heavy atom. The third kappa shape index (κ3) is 14.6. The van der Waals surface area contributed by atoms with Crippen molar-refractivity contribution in [2.24, 2.45) is 0 Å². The molecule has 0 radical (unpaired) electrons. The van der Waals surface area contributed by atoms with E-state index in [1.165, 1.54) is 0 Å². The molecule has 0 aromatic heterocycles. The average molecular weight is 296 g/mol. The average Bonchev–Trinajstić information content (AvgIpc) is 2.15. The predicted molar refractivity (Wildman–Crippen MR) is 54.7 cm³/mol. The van der Waals surface area contributed by atoms with Gasteiger partial charge < -0.3 is 9.79 Å². The zero-order chi connectivity index (χ0) is 11.7. The molecule has 0 saturated heterocycles. The van der Waals surface area contributed by atoms with Gasteiger partial charge in [-0.25, -0.2) is 0 Å². The molecule has 0 aliphatic heterocycles. The molecule has 0 bridgehead atoms. The molecule has 15 heavy (non-hydrogen) atoms. The van der Waals surface area contributed by atoms with E-state index in [2.05, 4.69) is 0 Å². The van der Waals surface area contributed by atoms with Gasteiger partial charge in [0.05, 0.1) is 0 Å². The Hall–Kier alpha value is 0.639. The Labute approximate surface area is 104 Å². The summed E-state index contributed by atoms with van der Waals surface area (Å²) < 4.78 is 19.9. The normalized spacial score (nSPS) is 15.1. The number of hydrogen-bond donors (Lipinski definition) is 0.